The lowest BCUT2D eigenvalue weighted by Gasteiger charge is -2.16. The molecule has 0 bridgehead atoms. The molecule has 0 unspecified atom stereocenters. The number of sulfonamides is 1. The van der Waals surface area contributed by atoms with Crippen LogP contribution in [0.1, 0.15) is 16.8 Å². The molecular formula is C16H20N4O4S. The van der Waals surface area contributed by atoms with Gasteiger partial charge in [-0.3, -0.25) is 9.98 Å². The van der Waals surface area contributed by atoms with Crippen molar-refractivity contribution in [3.8, 4) is 5.75 Å². The second kappa shape index (κ2) is 7.18. The summed E-state index contributed by atoms with van der Waals surface area (Å²) in [5.41, 5.74) is 2.14. The number of pyridine rings is 1. The molecule has 134 valence electrons. The monoisotopic (exact) mass is 364 g/mol. The van der Waals surface area contributed by atoms with Crippen LogP contribution in [0.5, 0.6) is 5.75 Å². The van der Waals surface area contributed by atoms with Crippen molar-refractivity contribution >= 4 is 27.6 Å². The van der Waals surface area contributed by atoms with Gasteiger partial charge in [-0.25, -0.2) is 13.6 Å². The molecule has 1 heterocycles. The number of aromatic nitrogens is 1. The molecule has 2 rings (SSSR count). The summed E-state index contributed by atoms with van der Waals surface area (Å²) in [7, 11) is -0.291. The largest absolute Gasteiger partial charge is 0.505 e. The number of rotatable bonds is 5. The third-order valence-electron chi connectivity index (χ3n) is 3.62. The maximum Gasteiger partial charge on any atom is 0.238 e. The Morgan fingerprint density at radius 2 is 2.04 bits per heavy atom. The van der Waals surface area contributed by atoms with Crippen LogP contribution in [-0.2, 0) is 16.6 Å². The van der Waals surface area contributed by atoms with E-state index in [4.69, 9.17) is 5.14 Å². The number of aromatic hydroxyl groups is 1. The van der Waals surface area contributed by atoms with Gasteiger partial charge in [0.05, 0.1) is 28.6 Å². The molecular weight excluding hydrogens is 344 g/mol. The first-order valence-corrected chi connectivity index (χ1v) is 8.86. The minimum absolute atomic E-state index is 0.0669. The number of hydrogen-bond acceptors (Lipinski definition) is 7. The van der Waals surface area contributed by atoms with Gasteiger partial charge >= 0.3 is 0 Å². The average Bonchev–Trinajstić information content (AvgIpc) is 2.54. The van der Waals surface area contributed by atoms with E-state index in [2.05, 4.69) is 9.98 Å². The predicted octanol–water partition coefficient (Wildman–Crippen LogP) is 1.05. The fourth-order valence-corrected chi connectivity index (χ4v) is 2.75. The van der Waals surface area contributed by atoms with Crippen LogP contribution in [0.15, 0.2) is 34.3 Å². The molecule has 0 fully saturated rings. The quantitative estimate of drug-likeness (QED) is 0.680. The lowest BCUT2D eigenvalue weighted by atomic mass is 10.1. The third kappa shape index (κ3) is 4.13. The van der Waals surface area contributed by atoms with Gasteiger partial charge in [0, 0.05) is 37.6 Å². The maximum absolute atomic E-state index is 11.6. The molecule has 0 spiro atoms. The molecule has 25 heavy (non-hydrogen) atoms. The van der Waals surface area contributed by atoms with E-state index in [1.165, 1.54) is 24.5 Å². The fraction of sp³-hybridized carbons (Fsp3) is 0.250. The number of anilines is 1. The summed E-state index contributed by atoms with van der Waals surface area (Å²) in [5, 5.41) is 24.7. The highest BCUT2D eigenvalue weighted by molar-refractivity contribution is 7.89. The van der Waals surface area contributed by atoms with Crippen LogP contribution in [0, 0.1) is 6.92 Å². The molecule has 0 amide bonds. The van der Waals surface area contributed by atoms with Crippen LogP contribution in [0.4, 0.5) is 11.4 Å². The first kappa shape index (κ1) is 18.8. The molecule has 8 nitrogen and oxygen atoms in total. The Labute approximate surface area is 146 Å². The van der Waals surface area contributed by atoms with Gasteiger partial charge in [-0.2, -0.15) is 0 Å². The zero-order chi connectivity index (χ0) is 18.8. The molecule has 0 aliphatic carbocycles. The SMILES string of the molecule is Cc1ncc(CO)c(C=Nc2cc(S(N)(=O)=O)ccc2N(C)C)c1O. The van der Waals surface area contributed by atoms with Crippen molar-refractivity contribution in [2.45, 2.75) is 18.4 Å². The van der Waals surface area contributed by atoms with E-state index in [0.717, 1.165) is 0 Å². The minimum Gasteiger partial charge on any atom is -0.505 e. The number of aryl methyl sites for hydroxylation is 1. The predicted molar refractivity (Wildman–Crippen MR) is 96.0 cm³/mol. The van der Waals surface area contributed by atoms with Gasteiger partial charge in [-0.05, 0) is 25.1 Å². The van der Waals surface area contributed by atoms with E-state index < -0.39 is 10.0 Å². The minimum atomic E-state index is -3.87. The van der Waals surface area contributed by atoms with Gasteiger partial charge in [-0.15, -0.1) is 0 Å². The van der Waals surface area contributed by atoms with Crippen molar-refractivity contribution in [1.82, 2.24) is 4.98 Å². The lowest BCUT2D eigenvalue weighted by Crippen LogP contribution is -2.13. The Morgan fingerprint density at radius 3 is 2.60 bits per heavy atom. The summed E-state index contributed by atoms with van der Waals surface area (Å²) in [4.78, 5) is 9.98. The normalized spacial score (nSPS) is 11.9. The summed E-state index contributed by atoms with van der Waals surface area (Å²) in [5.74, 6) is -0.0932. The molecule has 0 radical (unpaired) electrons. The van der Waals surface area contributed by atoms with E-state index in [1.807, 2.05) is 0 Å². The molecule has 4 N–H and O–H groups in total. The van der Waals surface area contributed by atoms with Crippen LogP contribution in [0.25, 0.3) is 0 Å². The summed E-state index contributed by atoms with van der Waals surface area (Å²) >= 11 is 0. The van der Waals surface area contributed by atoms with Crippen LogP contribution >= 0.6 is 0 Å². The third-order valence-corrected chi connectivity index (χ3v) is 4.53. The molecule has 9 heteroatoms. The average molecular weight is 364 g/mol. The second-order valence-corrected chi connectivity index (χ2v) is 7.20. The van der Waals surface area contributed by atoms with E-state index in [-0.39, 0.29) is 17.3 Å². The van der Waals surface area contributed by atoms with Crippen molar-refractivity contribution in [3.05, 3.63) is 41.2 Å². The molecule has 2 aromatic rings. The Hall–Kier alpha value is -2.49. The molecule has 1 aromatic carbocycles. The van der Waals surface area contributed by atoms with Gasteiger partial charge in [0.1, 0.15) is 5.75 Å². The Bertz CT molecular complexity index is 924. The number of aliphatic hydroxyl groups excluding tert-OH is 1. The van der Waals surface area contributed by atoms with Crippen LogP contribution in [-0.4, -0.2) is 43.9 Å². The number of nitrogens with zero attached hydrogens (tertiary/aromatic N) is 3. The van der Waals surface area contributed by atoms with Gasteiger partial charge in [-0.1, -0.05) is 0 Å². The van der Waals surface area contributed by atoms with Crippen LogP contribution in [0.3, 0.4) is 0 Å². The molecule has 0 saturated heterocycles. The number of primary sulfonamides is 1. The summed E-state index contributed by atoms with van der Waals surface area (Å²) < 4.78 is 23.1. The summed E-state index contributed by atoms with van der Waals surface area (Å²) in [6.07, 6.45) is 2.81. The van der Waals surface area contributed by atoms with Crippen molar-refractivity contribution in [1.29, 1.82) is 0 Å². The topological polar surface area (TPSA) is 129 Å². The molecule has 0 saturated carbocycles. The number of hydrogen-bond donors (Lipinski definition) is 3. The Balaban J connectivity index is 2.60. The maximum atomic E-state index is 11.6. The van der Waals surface area contributed by atoms with Crippen LogP contribution in [0.2, 0.25) is 0 Å². The standard InChI is InChI=1S/C16H20N4O4S/c1-10-16(22)13(11(9-21)7-18-10)8-19-14-6-12(25(17,23)24)4-5-15(14)20(2)3/h4-8,21-22H,9H2,1-3H3,(H2,17,23,24). The fourth-order valence-electron chi connectivity index (χ4n) is 2.22. The van der Waals surface area contributed by atoms with Crippen molar-refractivity contribution in [3.63, 3.8) is 0 Å². The van der Waals surface area contributed by atoms with Crippen molar-refractivity contribution < 1.29 is 18.6 Å². The molecule has 0 atom stereocenters. The highest BCUT2D eigenvalue weighted by atomic mass is 32.2. The number of aliphatic imine (C=N–C) groups is 1. The Kier molecular flexibility index (Phi) is 5.41. The smallest absolute Gasteiger partial charge is 0.238 e. The highest BCUT2D eigenvalue weighted by Crippen LogP contribution is 2.31. The Morgan fingerprint density at radius 1 is 1.36 bits per heavy atom. The first-order chi connectivity index (χ1) is 11.6. The summed E-state index contributed by atoms with van der Waals surface area (Å²) in [6, 6.07) is 4.35. The van der Waals surface area contributed by atoms with Gasteiger partial charge in [0.25, 0.3) is 0 Å². The first-order valence-electron chi connectivity index (χ1n) is 7.31. The van der Waals surface area contributed by atoms with Crippen LogP contribution < -0.4 is 10.0 Å². The van der Waals surface area contributed by atoms with Gasteiger partial charge < -0.3 is 15.1 Å². The van der Waals surface area contributed by atoms with E-state index in [0.29, 0.717) is 28.2 Å². The molecule has 0 aliphatic heterocycles. The highest BCUT2D eigenvalue weighted by Gasteiger charge is 2.13. The zero-order valence-electron chi connectivity index (χ0n) is 14.1. The van der Waals surface area contributed by atoms with E-state index >= 15 is 0 Å². The number of benzene rings is 1. The summed E-state index contributed by atoms with van der Waals surface area (Å²) in [6.45, 7) is 1.31. The van der Waals surface area contributed by atoms with Gasteiger partial charge in [0.15, 0.2) is 0 Å². The zero-order valence-corrected chi connectivity index (χ0v) is 14.9. The van der Waals surface area contributed by atoms with Crippen molar-refractivity contribution in [2.75, 3.05) is 19.0 Å². The number of nitrogens with two attached hydrogens (primary N) is 1. The molecule has 0 aliphatic rings. The van der Waals surface area contributed by atoms with Crippen molar-refractivity contribution in [2.24, 2.45) is 10.1 Å². The second-order valence-electron chi connectivity index (χ2n) is 5.64. The number of aliphatic hydroxyl groups is 1. The molecule has 1 aromatic heterocycles. The van der Waals surface area contributed by atoms with E-state index in [1.54, 1.807) is 32.0 Å². The lowest BCUT2D eigenvalue weighted by molar-refractivity contribution is 0.280. The van der Waals surface area contributed by atoms with Gasteiger partial charge in [0.2, 0.25) is 10.0 Å². The van der Waals surface area contributed by atoms with E-state index in [9.17, 15) is 18.6 Å².